The molecule has 1 saturated carbocycles. The number of benzene rings is 1. The van der Waals surface area contributed by atoms with Crippen molar-refractivity contribution in [1.82, 2.24) is 8.96 Å². The van der Waals surface area contributed by atoms with E-state index < -0.39 is 16.1 Å². The van der Waals surface area contributed by atoms with Gasteiger partial charge in [-0.1, -0.05) is 43.9 Å². The van der Waals surface area contributed by atoms with E-state index >= 15 is 0 Å². The Morgan fingerprint density at radius 3 is 2.58 bits per heavy atom. The van der Waals surface area contributed by atoms with Crippen LogP contribution in [0.25, 0.3) is 11.0 Å². The van der Waals surface area contributed by atoms with Crippen molar-refractivity contribution >= 4 is 21.1 Å². The number of rotatable bonds is 5. The molecule has 136 valence electrons. The molecule has 0 radical (unpaired) electrons. The van der Waals surface area contributed by atoms with Crippen molar-refractivity contribution < 1.29 is 13.5 Å². The molecular weight excluding hydrogens is 348 g/mol. The number of aromatic nitrogens is 2. The van der Waals surface area contributed by atoms with Crippen LogP contribution in [0.15, 0.2) is 59.6 Å². The normalized spacial score (nSPS) is 17.0. The van der Waals surface area contributed by atoms with Gasteiger partial charge in [0.1, 0.15) is 0 Å². The molecule has 2 heterocycles. The summed E-state index contributed by atoms with van der Waals surface area (Å²) in [6, 6.07) is 13.7. The first-order valence-corrected chi connectivity index (χ1v) is 10.5. The fraction of sp³-hybridized carbons (Fsp3) is 0.350. The lowest BCUT2D eigenvalue weighted by molar-refractivity contribution is 0.140. The van der Waals surface area contributed by atoms with Gasteiger partial charge in [-0.05, 0) is 42.7 Å². The first-order chi connectivity index (χ1) is 12.6. The van der Waals surface area contributed by atoms with E-state index in [-0.39, 0.29) is 4.90 Å². The van der Waals surface area contributed by atoms with E-state index in [1.807, 2.05) is 6.07 Å². The van der Waals surface area contributed by atoms with Crippen LogP contribution in [0.2, 0.25) is 0 Å². The molecule has 1 aliphatic carbocycles. The van der Waals surface area contributed by atoms with Crippen LogP contribution in [-0.2, 0) is 10.0 Å². The van der Waals surface area contributed by atoms with Gasteiger partial charge in [-0.3, -0.25) is 0 Å². The van der Waals surface area contributed by atoms with Crippen LogP contribution in [0.3, 0.4) is 0 Å². The Labute approximate surface area is 153 Å². The van der Waals surface area contributed by atoms with Crippen molar-refractivity contribution in [2.24, 2.45) is 5.92 Å². The molecule has 1 N–H and O–H groups in total. The summed E-state index contributed by atoms with van der Waals surface area (Å²) in [6.07, 6.45) is 5.90. The van der Waals surface area contributed by atoms with Crippen LogP contribution < -0.4 is 0 Å². The Morgan fingerprint density at radius 1 is 1.12 bits per heavy atom. The maximum absolute atomic E-state index is 13.3. The second kappa shape index (κ2) is 6.85. The zero-order valence-corrected chi connectivity index (χ0v) is 15.3. The highest BCUT2D eigenvalue weighted by Gasteiger charge is 2.29. The molecule has 0 amide bonds. The van der Waals surface area contributed by atoms with Crippen molar-refractivity contribution in [2.45, 2.75) is 43.1 Å². The van der Waals surface area contributed by atoms with E-state index in [4.69, 9.17) is 0 Å². The number of hydrogen-bond donors (Lipinski definition) is 1. The molecule has 2 aromatic heterocycles. The van der Waals surface area contributed by atoms with Gasteiger partial charge in [0.25, 0.3) is 10.0 Å². The summed E-state index contributed by atoms with van der Waals surface area (Å²) >= 11 is 0. The fourth-order valence-corrected chi connectivity index (χ4v) is 5.44. The summed E-state index contributed by atoms with van der Waals surface area (Å²) < 4.78 is 27.8. The Balaban J connectivity index is 1.84. The van der Waals surface area contributed by atoms with Gasteiger partial charge < -0.3 is 5.11 Å². The summed E-state index contributed by atoms with van der Waals surface area (Å²) in [7, 11) is -3.84. The SMILES string of the molecule is O=S(=O)(c1ccccc1)n1c([C@H](O)CC2CCCC2)cc2cccnc21. The van der Waals surface area contributed by atoms with Gasteiger partial charge in [0, 0.05) is 11.6 Å². The second-order valence-corrected chi connectivity index (χ2v) is 8.76. The van der Waals surface area contributed by atoms with Gasteiger partial charge >= 0.3 is 0 Å². The molecule has 0 saturated heterocycles. The van der Waals surface area contributed by atoms with E-state index in [0.717, 1.165) is 12.8 Å². The maximum atomic E-state index is 13.3. The minimum atomic E-state index is -3.84. The van der Waals surface area contributed by atoms with Crippen molar-refractivity contribution in [3.8, 4) is 0 Å². The number of hydrogen-bond acceptors (Lipinski definition) is 4. The van der Waals surface area contributed by atoms with Gasteiger partial charge in [0.05, 0.1) is 16.7 Å². The zero-order valence-electron chi connectivity index (χ0n) is 14.5. The average molecular weight is 370 g/mol. The standard InChI is InChI=1S/C20H22N2O3S/c23-19(13-15-7-4-5-8-15)18-14-16-9-6-12-21-20(16)22(18)26(24,25)17-10-2-1-3-11-17/h1-3,6,9-12,14-15,19,23H,4-5,7-8,13H2/t19-/m1/s1. The highest BCUT2D eigenvalue weighted by Crippen LogP contribution is 2.35. The lowest BCUT2D eigenvalue weighted by Crippen LogP contribution is -2.19. The molecule has 0 spiro atoms. The lowest BCUT2D eigenvalue weighted by Gasteiger charge is -2.18. The number of fused-ring (bicyclic) bond motifs is 1. The van der Waals surface area contributed by atoms with Gasteiger partial charge in [0.2, 0.25) is 0 Å². The Bertz CT molecular complexity index is 1010. The average Bonchev–Trinajstić information content (AvgIpc) is 3.29. The molecule has 0 bridgehead atoms. The van der Waals surface area contributed by atoms with E-state index in [0.29, 0.717) is 29.1 Å². The highest BCUT2D eigenvalue weighted by atomic mass is 32.2. The fourth-order valence-electron chi connectivity index (χ4n) is 3.90. The van der Waals surface area contributed by atoms with E-state index in [1.54, 1.807) is 48.7 Å². The van der Waals surface area contributed by atoms with Crippen LogP contribution in [0, 0.1) is 5.92 Å². The third-order valence-electron chi connectivity index (χ3n) is 5.20. The third kappa shape index (κ3) is 3.04. The highest BCUT2D eigenvalue weighted by molar-refractivity contribution is 7.90. The number of pyridine rings is 1. The zero-order chi connectivity index (χ0) is 18.1. The predicted octanol–water partition coefficient (Wildman–Crippen LogP) is 3.89. The third-order valence-corrected chi connectivity index (χ3v) is 6.93. The minimum absolute atomic E-state index is 0.192. The van der Waals surface area contributed by atoms with Crippen LogP contribution in [-0.4, -0.2) is 22.5 Å². The number of aliphatic hydroxyl groups is 1. The largest absolute Gasteiger partial charge is 0.387 e. The van der Waals surface area contributed by atoms with Gasteiger partial charge in [-0.25, -0.2) is 17.4 Å². The predicted molar refractivity (Wildman–Crippen MR) is 100 cm³/mol. The van der Waals surface area contributed by atoms with E-state index in [2.05, 4.69) is 4.98 Å². The van der Waals surface area contributed by atoms with Crippen LogP contribution in [0.1, 0.15) is 43.9 Å². The van der Waals surface area contributed by atoms with Gasteiger partial charge in [0.15, 0.2) is 5.65 Å². The summed E-state index contributed by atoms with van der Waals surface area (Å²) in [4.78, 5) is 4.47. The van der Waals surface area contributed by atoms with E-state index in [1.165, 1.54) is 16.8 Å². The molecule has 0 aliphatic heterocycles. The number of aliphatic hydroxyl groups excluding tert-OH is 1. The first-order valence-electron chi connectivity index (χ1n) is 9.02. The molecule has 1 aromatic carbocycles. The van der Waals surface area contributed by atoms with Crippen LogP contribution in [0.5, 0.6) is 0 Å². The maximum Gasteiger partial charge on any atom is 0.269 e. The van der Waals surface area contributed by atoms with Crippen molar-refractivity contribution in [2.75, 3.05) is 0 Å². The quantitative estimate of drug-likeness (QED) is 0.740. The molecule has 0 unspecified atom stereocenters. The minimum Gasteiger partial charge on any atom is -0.387 e. The summed E-state index contributed by atoms with van der Waals surface area (Å²) in [5.74, 6) is 0.448. The molecule has 1 atom stereocenters. The molecule has 4 rings (SSSR count). The molecular formula is C20H22N2O3S. The molecule has 6 heteroatoms. The van der Waals surface area contributed by atoms with Gasteiger partial charge in [-0.2, -0.15) is 0 Å². The van der Waals surface area contributed by atoms with Crippen molar-refractivity contribution in [3.05, 3.63) is 60.4 Å². The van der Waals surface area contributed by atoms with Crippen molar-refractivity contribution in [3.63, 3.8) is 0 Å². The molecule has 3 aromatic rings. The Hall–Kier alpha value is -2.18. The monoisotopic (exact) mass is 370 g/mol. The molecule has 1 fully saturated rings. The molecule has 5 nitrogen and oxygen atoms in total. The number of nitrogens with zero attached hydrogens (tertiary/aromatic N) is 2. The second-order valence-electron chi connectivity index (χ2n) is 6.97. The Morgan fingerprint density at radius 2 is 1.85 bits per heavy atom. The van der Waals surface area contributed by atoms with E-state index in [9.17, 15) is 13.5 Å². The van der Waals surface area contributed by atoms with Crippen molar-refractivity contribution in [1.29, 1.82) is 0 Å². The van der Waals surface area contributed by atoms with Crippen LogP contribution in [0.4, 0.5) is 0 Å². The smallest absolute Gasteiger partial charge is 0.269 e. The van der Waals surface area contributed by atoms with Gasteiger partial charge in [-0.15, -0.1) is 0 Å². The Kier molecular flexibility index (Phi) is 4.54. The summed E-state index contributed by atoms with van der Waals surface area (Å²) in [6.45, 7) is 0. The first kappa shape index (κ1) is 17.2. The summed E-state index contributed by atoms with van der Waals surface area (Å²) in [5, 5.41) is 11.6. The molecule has 26 heavy (non-hydrogen) atoms. The molecule has 1 aliphatic rings. The lowest BCUT2D eigenvalue weighted by atomic mass is 9.98. The topological polar surface area (TPSA) is 72.2 Å². The summed E-state index contributed by atoms with van der Waals surface area (Å²) in [5.41, 5.74) is 0.756. The van der Waals surface area contributed by atoms with Crippen LogP contribution >= 0.6 is 0 Å².